The molecule has 3 saturated heterocycles. The minimum absolute atomic E-state index is 0.197. The Morgan fingerprint density at radius 3 is 2.65 bits per heavy atom. The van der Waals surface area contributed by atoms with Gasteiger partial charge in [-0.3, -0.25) is 0 Å². The third-order valence-electron chi connectivity index (χ3n) is 4.55. The second-order valence-corrected chi connectivity index (χ2v) is 8.42. The molecule has 5 nitrogen and oxygen atoms in total. The van der Waals surface area contributed by atoms with E-state index >= 15 is 0 Å². The van der Waals surface area contributed by atoms with Crippen molar-refractivity contribution in [2.75, 3.05) is 25.4 Å². The third-order valence-corrected chi connectivity index (χ3v) is 6.92. The minimum Gasteiger partial charge on any atom is -0.303 e. The lowest BCUT2D eigenvalue weighted by molar-refractivity contribution is 0.0845. The summed E-state index contributed by atoms with van der Waals surface area (Å²) >= 11 is 1.05. The Bertz CT molecular complexity index is 562. The fourth-order valence-corrected chi connectivity index (χ4v) is 5.84. The largest absolute Gasteiger partial charge is 0.303 e. The van der Waals surface area contributed by atoms with Crippen molar-refractivity contribution in [3.8, 4) is 0 Å². The number of nitrogens with zero attached hydrogens (tertiary/aromatic N) is 3. The molecule has 1 unspecified atom stereocenters. The second kappa shape index (κ2) is 5.69. The van der Waals surface area contributed by atoms with Crippen LogP contribution in [-0.2, 0) is 9.84 Å². The molecule has 0 aromatic carbocycles. The smallest absolute Gasteiger partial charge is 0.198 e. The zero-order valence-electron chi connectivity index (χ0n) is 11.8. The lowest BCUT2D eigenvalue weighted by Crippen LogP contribution is -2.46. The maximum Gasteiger partial charge on any atom is 0.198 e. The maximum absolute atomic E-state index is 12.4. The van der Waals surface area contributed by atoms with E-state index in [0.29, 0.717) is 12.3 Å². The van der Waals surface area contributed by atoms with Gasteiger partial charge in [0.2, 0.25) is 0 Å². The molecule has 0 saturated carbocycles. The molecule has 112 valence electrons. The molecule has 0 amide bonds. The van der Waals surface area contributed by atoms with Crippen LogP contribution in [0.5, 0.6) is 0 Å². The summed E-state index contributed by atoms with van der Waals surface area (Å²) in [5, 5.41) is 0.273. The summed E-state index contributed by atoms with van der Waals surface area (Å²) in [6, 6.07) is 0. The quantitative estimate of drug-likeness (QED) is 0.830. The Labute approximate surface area is 124 Å². The van der Waals surface area contributed by atoms with Crippen molar-refractivity contribution in [1.82, 2.24) is 13.6 Å². The molecule has 0 N–H and O–H groups in total. The van der Waals surface area contributed by atoms with Crippen LogP contribution in [0.3, 0.4) is 0 Å². The van der Waals surface area contributed by atoms with Crippen molar-refractivity contribution in [1.29, 1.82) is 0 Å². The van der Waals surface area contributed by atoms with Crippen LogP contribution in [0.1, 0.15) is 44.2 Å². The highest BCUT2D eigenvalue weighted by molar-refractivity contribution is 7.91. The summed E-state index contributed by atoms with van der Waals surface area (Å²) in [6.45, 7) is 5.25. The summed E-state index contributed by atoms with van der Waals surface area (Å²) in [5.74, 6) is 1.05. The van der Waals surface area contributed by atoms with Crippen LogP contribution in [0.25, 0.3) is 0 Å². The van der Waals surface area contributed by atoms with E-state index in [1.165, 1.54) is 0 Å². The highest BCUT2D eigenvalue weighted by Gasteiger charge is 2.39. The van der Waals surface area contributed by atoms with E-state index < -0.39 is 9.84 Å². The number of rotatable bonds is 5. The van der Waals surface area contributed by atoms with Gasteiger partial charge in [0.25, 0.3) is 0 Å². The van der Waals surface area contributed by atoms with Crippen LogP contribution in [-0.4, -0.2) is 47.5 Å². The van der Waals surface area contributed by atoms with Gasteiger partial charge in [-0.05, 0) is 38.3 Å². The Hall–Kier alpha value is -0.530. The van der Waals surface area contributed by atoms with Crippen molar-refractivity contribution >= 4 is 21.6 Å². The SMILES string of the molecule is CCCCS(=O)(=O)c1nsnc1C1CN2CCC1CC2. The number of hydrogen-bond donors (Lipinski definition) is 0. The molecular formula is C13H21N3O2S2. The molecular weight excluding hydrogens is 294 g/mol. The molecule has 7 heteroatoms. The molecule has 20 heavy (non-hydrogen) atoms. The summed E-state index contributed by atoms with van der Waals surface area (Å²) in [7, 11) is -3.26. The van der Waals surface area contributed by atoms with E-state index in [1.54, 1.807) is 0 Å². The first kappa shape index (κ1) is 14.4. The molecule has 0 radical (unpaired) electrons. The zero-order valence-corrected chi connectivity index (χ0v) is 13.4. The van der Waals surface area contributed by atoms with Crippen molar-refractivity contribution in [3.05, 3.63) is 5.69 Å². The minimum atomic E-state index is -3.26. The van der Waals surface area contributed by atoms with Gasteiger partial charge in [-0.15, -0.1) is 0 Å². The lowest BCUT2D eigenvalue weighted by atomic mass is 9.78. The Morgan fingerprint density at radius 2 is 2.05 bits per heavy atom. The molecule has 1 atom stereocenters. The highest BCUT2D eigenvalue weighted by atomic mass is 32.2. The van der Waals surface area contributed by atoms with Crippen LogP contribution in [0.2, 0.25) is 0 Å². The average molecular weight is 315 g/mol. The highest BCUT2D eigenvalue weighted by Crippen LogP contribution is 2.40. The number of piperidine rings is 3. The normalized spacial score (nSPS) is 29.8. The van der Waals surface area contributed by atoms with Crippen LogP contribution in [0.15, 0.2) is 5.03 Å². The van der Waals surface area contributed by atoms with Crippen molar-refractivity contribution in [2.45, 2.75) is 43.6 Å². The van der Waals surface area contributed by atoms with Crippen molar-refractivity contribution < 1.29 is 8.42 Å². The van der Waals surface area contributed by atoms with Gasteiger partial charge in [-0.2, -0.15) is 8.75 Å². The molecule has 3 aliphatic rings. The summed E-state index contributed by atoms with van der Waals surface area (Å²) in [5.41, 5.74) is 0.750. The van der Waals surface area contributed by atoms with Gasteiger partial charge in [0.05, 0.1) is 23.2 Å². The fraction of sp³-hybridized carbons (Fsp3) is 0.846. The van der Waals surface area contributed by atoms with Gasteiger partial charge in [-0.1, -0.05) is 13.3 Å². The molecule has 2 bridgehead atoms. The Balaban J connectivity index is 1.87. The first-order chi connectivity index (χ1) is 9.62. The summed E-state index contributed by atoms with van der Waals surface area (Å²) in [4.78, 5) is 2.42. The molecule has 1 aromatic heterocycles. The van der Waals surface area contributed by atoms with E-state index in [4.69, 9.17) is 0 Å². The van der Waals surface area contributed by atoms with E-state index in [9.17, 15) is 8.42 Å². The third kappa shape index (κ3) is 2.63. The van der Waals surface area contributed by atoms with Crippen molar-refractivity contribution in [2.24, 2.45) is 5.92 Å². The zero-order chi connectivity index (χ0) is 14.2. The topological polar surface area (TPSA) is 63.2 Å². The molecule has 0 aliphatic carbocycles. The number of aromatic nitrogens is 2. The maximum atomic E-state index is 12.4. The van der Waals surface area contributed by atoms with Crippen LogP contribution >= 0.6 is 11.7 Å². The predicted molar refractivity (Wildman–Crippen MR) is 78.8 cm³/mol. The number of hydrogen-bond acceptors (Lipinski definition) is 6. The van der Waals surface area contributed by atoms with Gasteiger partial charge in [0.1, 0.15) is 0 Å². The van der Waals surface area contributed by atoms with E-state index in [-0.39, 0.29) is 16.7 Å². The van der Waals surface area contributed by atoms with E-state index in [0.717, 1.165) is 56.3 Å². The number of fused-ring (bicyclic) bond motifs is 3. The Morgan fingerprint density at radius 1 is 1.30 bits per heavy atom. The van der Waals surface area contributed by atoms with Crippen LogP contribution in [0, 0.1) is 5.92 Å². The van der Waals surface area contributed by atoms with E-state index in [1.807, 2.05) is 6.92 Å². The van der Waals surface area contributed by atoms with E-state index in [2.05, 4.69) is 13.6 Å². The monoisotopic (exact) mass is 315 g/mol. The second-order valence-electron chi connectivity index (χ2n) is 5.87. The van der Waals surface area contributed by atoms with Gasteiger partial charge in [0.15, 0.2) is 14.9 Å². The van der Waals surface area contributed by atoms with Crippen LogP contribution < -0.4 is 0 Å². The molecule has 3 aliphatic heterocycles. The molecule has 1 aromatic rings. The first-order valence-corrected chi connectivity index (χ1v) is 9.77. The number of unbranched alkanes of at least 4 members (excludes halogenated alkanes) is 1. The predicted octanol–water partition coefficient (Wildman–Crippen LogP) is 1.92. The fourth-order valence-electron chi connectivity index (χ4n) is 3.34. The average Bonchev–Trinajstić information content (AvgIpc) is 2.96. The van der Waals surface area contributed by atoms with Crippen LogP contribution in [0.4, 0.5) is 0 Å². The molecule has 3 fully saturated rings. The summed E-state index contributed by atoms with van der Waals surface area (Å²) in [6.07, 6.45) is 3.90. The van der Waals surface area contributed by atoms with Gasteiger partial charge in [0, 0.05) is 12.5 Å². The number of sulfone groups is 1. The Kier molecular flexibility index (Phi) is 4.10. The molecule has 4 heterocycles. The standard InChI is InChI=1S/C13H21N3O2S2/c1-2-3-8-20(17,18)13-12(14-19-15-13)11-9-16-6-4-10(11)5-7-16/h10-11H,2-9H2,1H3. The van der Waals surface area contributed by atoms with Crippen molar-refractivity contribution in [3.63, 3.8) is 0 Å². The van der Waals surface area contributed by atoms with Gasteiger partial charge >= 0.3 is 0 Å². The van der Waals surface area contributed by atoms with Gasteiger partial charge in [-0.25, -0.2) is 8.42 Å². The summed E-state index contributed by atoms with van der Waals surface area (Å²) < 4.78 is 33.3. The molecule has 4 rings (SSSR count). The molecule has 0 spiro atoms. The lowest BCUT2D eigenvalue weighted by Gasteiger charge is -2.44. The van der Waals surface area contributed by atoms with Gasteiger partial charge < -0.3 is 4.90 Å². The first-order valence-electron chi connectivity index (χ1n) is 7.39.